The van der Waals surface area contributed by atoms with Crippen LogP contribution in [0, 0.1) is 6.92 Å². The molecule has 1 heterocycles. The molecule has 1 saturated heterocycles. The highest BCUT2D eigenvalue weighted by atomic mass is 79.9. The van der Waals surface area contributed by atoms with E-state index in [0.717, 1.165) is 28.5 Å². The summed E-state index contributed by atoms with van der Waals surface area (Å²) >= 11 is 3.41. The Balaban J connectivity index is 2.20. The third-order valence-electron chi connectivity index (χ3n) is 4.37. The minimum absolute atomic E-state index is 0.322. The second-order valence-corrected chi connectivity index (χ2v) is 7.24. The monoisotopic (exact) mass is 354 g/mol. The molecule has 0 N–H and O–H groups in total. The van der Waals surface area contributed by atoms with Gasteiger partial charge in [-0.1, -0.05) is 28.1 Å². The van der Waals surface area contributed by atoms with Gasteiger partial charge in [0.05, 0.1) is 17.8 Å². The quantitative estimate of drug-likeness (QED) is 0.460. The van der Waals surface area contributed by atoms with Gasteiger partial charge in [0.2, 0.25) is 0 Å². The average molecular weight is 355 g/mol. The van der Waals surface area contributed by atoms with Crippen LogP contribution in [0.25, 0.3) is 0 Å². The first-order valence-electron chi connectivity index (χ1n) is 7.42. The Morgan fingerprint density at radius 1 is 1.14 bits per heavy atom. The molecule has 3 nitrogen and oxygen atoms in total. The van der Waals surface area contributed by atoms with E-state index in [-0.39, 0.29) is 18.3 Å². The summed E-state index contributed by atoms with van der Waals surface area (Å²) in [4.78, 5) is 0. The van der Waals surface area contributed by atoms with Gasteiger partial charge in [-0.2, -0.15) is 0 Å². The molecule has 1 aromatic carbocycles. The molecule has 0 bridgehead atoms. The average Bonchev–Trinajstić information content (AvgIpc) is 2.60. The van der Waals surface area contributed by atoms with Crippen molar-refractivity contribution in [2.24, 2.45) is 0 Å². The van der Waals surface area contributed by atoms with Crippen LogP contribution in [0.3, 0.4) is 0 Å². The summed E-state index contributed by atoms with van der Waals surface area (Å²) < 4.78 is 18.1. The highest BCUT2D eigenvalue weighted by molar-refractivity contribution is 9.09. The Morgan fingerprint density at radius 3 is 2.33 bits per heavy atom. The van der Waals surface area contributed by atoms with Crippen LogP contribution in [0.2, 0.25) is 0 Å². The number of hydrogen-bond donors (Lipinski definition) is 0. The van der Waals surface area contributed by atoms with Gasteiger partial charge < -0.3 is 14.0 Å². The summed E-state index contributed by atoms with van der Waals surface area (Å²) in [5.74, 6) is 0.906. The van der Waals surface area contributed by atoms with Gasteiger partial charge in [0.15, 0.2) is 0 Å². The van der Waals surface area contributed by atoms with E-state index in [9.17, 15) is 0 Å². The Labute approximate surface area is 136 Å². The van der Waals surface area contributed by atoms with E-state index in [4.69, 9.17) is 14.0 Å². The maximum atomic E-state index is 6.13. The zero-order chi connectivity index (χ0) is 15.7. The zero-order valence-corrected chi connectivity index (χ0v) is 15.1. The first kappa shape index (κ1) is 16.8. The van der Waals surface area contributed by atoms with Crippen LogP contribution in [0.1, 0.15) is 39.7 Å². The van der Waals surface area contributed by atoms with Crippen molar-refractivity contribution in [1.29, 1.82) is 0 Å². The van der Waals surface area contributed by atoms with Crippen LogP contribution in [0.15, 0.2) is 18.2 Å². The highest BCUT2D eigenvalue weighted by Gasteiger charge is 2.52. The molecule has 1 aliphatic rings. The van der Waals surface area contributed by atoms with Crippen molar-refractivity contribution in [2.75, 3.05) is 11.9 Å². The molecule has 1 aliphatic heterocycles. The second-order valence-electron chi connectivity index (χ2n) is 6.45. The maximum Gasteiger partial charge on any atom is 0.495 e. The van der Waals surface area contributed by atoms with Crippen molar-refractivity contribution < 1.29 is 14.0 Å². The Kier molecular flexibility index (Phi) is 5.06. The fraction of sp³-hybridized carbons (Fsp3) is 0.625. The molecule has 1 aromatic rings. The smallest absolute Gasteiger partial charge is 0.493 e. The van der Waals surface area contributed by atoms with Crippen molar-refractivity contribution >= 4 is 28.5 Å². The molecule has 0 spiro atoms. The highest BCUT2D eigenvalue weighted by Crippen LogP contribution is 2.37. The van der Waals surface area contributed by atoms with Crippen molar-refractivity contribution in [3.8, 4) is 5.75 Å². The molecule has 116 valence electrons. The molecular weight excluding hydrogens is 331 g/mol. The predicted molar refractivity (Wildman–Crippen MR) is 90.8 cm³/mol. The first-order chi connectivity index (χ1) is 9.78. The number of ether oxygens (including phenoxy) is 1. The molecule has 0 radical (unpaired) electrons. The Hall–Kier alpha value is -0.515. The summed E-state index contributed by atoms with van der Waals surface area (Å²) in [6.07, 6.45) is 0.986. The fourth-order valence-corrected chi connectivity index (χ4v) is 2.48. The predicted octanol–water partition coefficient (Wildman–Crippen LogP) is 3.46. The summed E-state index contributed by atoms with van der Waals surface area (Å²) in [5.41, 5.74) is 1.49. The van der Waals surface area contributed by atoms with Gasteiger partial charge in [-0.25, -0.2) is 0 Å². The normalized spacial score (nSPS) is 19.8. The molecule has 0 aromatic heterocycles. The van der Waals surface area contributed by atoms with E-state index in [1.54, 1.807) is 0 Å². The molecule has 2 rings (SSSR count). The zero-order valence-electron chi connectivity index (χ0n) is 13.5. The number of hydrogen-bond acceptors (Lipinski definition) is 3. The van der Waals surface area contributed by atoms with E-state index in [2.05, 4.69) is 56.6 Å². The van der Waals surface area contributed by atoms with Gasteiger partial charge in [0.25, 0.3) is 0 Å². The van der Waals surface area contributed by atoms with Crippen molar-refractivity contribution in [3.63, 3.8) is 0 Å². The molecule has 21 heavy (non-hydrogen) atoms. The molecule has 0 aliphatic carbocycles. The lowest BCUT2D eigenvalue weighted by Gasteiger charge is -2.32. The van der Waals surface area contributed by atoms with Crippen molar-refractivity contribution in [1.82, 2.24) is 0 Å². The number of halogens is 1. The van der Waals surface area contributed by atoms with Gasteiger partial charge in [0, 0.05) is 5.33 Å². The molecule has 5 heteroatoms. The van der Waals surface area contributed by atoms with Crippen LogP contribution < -0.4 is 10.2 Å². The largest absolute Gasteiger partial charge is 0.495 e. The molecule has 0 amide bonds. The minimum Gasteiger partial charge on any atom is -0.493 e. The van der Waals surface area contributed by atoms with Gasteiger partial charge in [0.1, 0.15) is 5.75 Å². The van der Waals surface area contributed by atoms with E-state index in [1.165, 1.54) is 0 Å². The summed E-state index contributed by atoms with van der Waals surface area (Å²) in [5, 5.41) is 0.947. The van der Waals surface area contributed by atoms with E-state index in [0.29, 0.717) is 6.61 Å². The van der Waals surface area contributed by atoms with Crippen LogP contribution in [-0.4, -0.2) is 30.3 Å². The lowest BCUT2D eigenvalue weighted by atomic mass is 9.76. The standard InChI is InChI=1S/C16H24BBrO3/c1-12-13(8-6-9-14(12)19-11-7-10-18)17-20-15(2,3)16(4,5)21-17/h6,8-9H,7,10-11H2,1-5H3. The Bertz CT molecular complexity index is 486. The number of alkyl halides is 1. The number of benzene rings is 1. The topological polar surface area (TPSA) is 27.7 Å². The SMILES string of the molecule is Cc1c(OCCCBr)cccc1B1OC(C)(C)C(C)(C)O1. The molecule has 0 atom stereocenters. The summed E-state index contributed by atoms with van der Waals surface area (Å²) in [7, 11) is -0.338. The third kappa shape index (κ3) is 3.46. The van der Waals surface area contributed by atoms with E-state index >= 15 is 0 Å². The maximum absolute atomic E-state index is 6.13. The number of rotatable bonds is 5. The fourth-order valence-electron chi connectivity index (χ4n) is 2.25. The second kappa shape index (κ2) is 6.31. The van der Waals surface area contributed by atoms with Crippen LogP contribution in [0.5, 0.6) is 5.75 Å². The minimum atomic E-state index is -0.338. The lowest BCUT2D eigenvalue weighted by Crippen LogP contribution is -2.41. The van der Waals surface area contributed by atoms with E-state index in [1.807, 2.05) is 12.1 Å². The third-order valence-corrected chi connectivity index (χ3v) is 4.93. The molecule has 1 fully saturated rings. The molecular formula is C16H24BBrO3. The van der Waals surface area contributed by atoms with Gasteiger partial charge in [-0.05, 0) is 58.1 Å². The summed E-state index contributed by atoms with van der Waals surface area (Å²) in [6, 6.07) is 6.05. The summed E-state index contributed by atoms with van der Waals surface area (Å²) in [6.45, 7) is 11.0. The van der Waals surface area contributed by atoms with Crippen LogP contribution in [0.4, 0.5) is 0 Å². The lowest BCUT2D eigenvalue weighted by molar-refractivity contribution is 0.00578. The van der Waals surface area contributed by atoms with Crippen molar-refractivity contribution in [2.45, 2.75) is 52.2 Å². The van der Waals surface area contributed by atoms with Crippen LogP contribution >= 0.6 is 15.9 Å². The molecule has 0 saturated carbocycles. The Morgan fingerprint density at radius 2 is 1.76 bits per heavy atom. The van der Waals surface area contributed by atoms with Crippen molar-refractivity contribution in [3.05, 3.63) is 23.8 Å². The van der Waals surface area contributed by atoms with E-state index < -0.39 is 0 Å². The first-order valence-corrected chi connectivity index (χ1v) is 8.54. The van der Waals surface area contributed by atoms with Crippen LogP contribution in [-0.2, 0) is 9.31 Å². The molecule has 0 unspecified atom stereocenters. The van der Waals surface area contributed by atoms with Gasteiger partial charge in [-0.15, -0.1) is 0 Å². The van der Waals surface area contributed by atoms with Gasteiger partial charge in [-0.3, -0.25) is 0 Å². The van der Waals surface area contributed by atoms with Gasteiger partial charge >= 0.3 is 7.12 Å².